The highest BCUT2D eigenvalue weighted by atomic mass is 35.5. The molecule has 0 radical (unpaired) electrons. The molecule has 26 heavy (non-hydrogen) atoms. The molecule has 5 heteroatoms. The van der Waals surface area contributed by atoms with Gasteiger partial charge in [-0.2, -0.15) is 5.26 Å². The SMILES string of the molecule is CCCCc1ccc(N/C=C(/C#N)C(=O)NCc2ccc(Cl)cc2)cc1. The van der Waals surface area contributed by atoms with Gasteiger partial charge in [-0.1, -0.05) is 49.2 Å². The molecule has 1 amide bonds. The molecule has 2 rings (SSSR count). The molecule has 2 aromatic carbocycles. The molecule has 2 aromatic rings. The number of amides is 1. The smallest absolute Gasteiger partial charge is 0.263 e. The summed E-state index contributed by atoms with van der Waals surface area (Å²) < 4.78 is 0. The average Bonchev–Trinajstić information content (AvgIpc) is 2.67. The number of nitriles is 1. The van der Waals surface area contributed by atoms with E-state index in [1.54, 1.807) is 12.1 Å². The minimum absolute atomic E-state index is 0.0222. The van der Waals surface area contributed by atoms with Crippen molar-refractivity contribution in [3.05, 3.63) is 76.5 Å². The fourth-order valence-electron chi connectivity index (χ4n) is 2.33. The van der Waals surface area contributed by atoms with Crippen LogP contribution in [0.15, 0.2) is 60.3 Å². The van der Waals surface area contributed by atoms with Crippen molar-refractivity contribution < 1.29 is 4.79 Å². The molecular formula is C21H22ClN3O. The molecule has 0 spiro atoms. The van der Waals surface area contributed by atoms with Crippen LogP contribution in [0.5, 0.6) is 0 Å². The first-order valence-electron chi connectivity index (χ1n) is 8.60. The topological polar surface area (TPSA) is 64.9 Å². The third kappa shape index (κ3) is 6.27. The summed E-state index contributed by atoms with van der Waals surface area (Å²) in [7, 11) is 0. The number of carbonyl (C=O) groups excluding carboxylic acids is 1. The van der Waals surface area contributed by atoms with Gasteiger partial charge in [0.25, 0.3) is 5.91 Å². The molecular weight excluding hydrogens is 346 g/mol. The zero-order chi connectivity index (χ0) is 18.8. The van der Waals surface area contributed by atoms with Gasteiger partial charge in [0.1, 0.15) is 11.6 Å². The number of benzene rings is 2. The second kappa shape index (κ2) is 10.3. The lowest BCUT2D eigenvalue weighted by atomic mass is 10.1. The Morgan fingerprint density at radius 1 is 1.12 bits per heavy atom. The van der Waals surface area contributed by atoms with Gasteiger partial charge in [-0.25, -0.2) is 0 Å². The second-order valence-electron chi connectivity index (χ2n) is 5.92. The van der Waals surface area contributed by atoms with Crippen molar-refractivity contribution in [1.29, 1.82) is 5.26 Å². The number of nitrogens with zero attached hydrogens (tertiary/aromatic N) is 1. The first-order chi connectivity index (χ1) is 12.6. The standard InChI is InChI=1S/C21H22ClN3O/c1-2-3-4-16-7-11-20(12-8-16)24-15-18(13-23)21(26)25-14-17-5-9-19(22)10-6-17/h5-12,15,24H,2-4,14H2,1H3,(H,25,26)/b18-15-. The highest BCUT2D eigenvalue weighted by Crippen LogP contribution is 2.12. The van der Waals surface area contributed by atoms with Gasteiger partial charge >= 0.3 is 0 Å². The van der Waals surface area contributed by atoms with Gasteiger partial charge in [-0.3, -0.25) is 4.79 Å². The molecule has 0 aliphatic rings. The van der Waals surface area contributed by atoms with Crippen molar-refractivity contribution in [3.63, 3.8) is 0 Å². The minimum atomic E-state index is -0.422. The highest BCUT2D eigenvalue weighted by Gasteiger charge is 2.08. The lowest BCUT2D eigenvalue weighted by Crippen LogP contribution is -2.24. The van der Waals surface area contributed by atoms with Crippen LogP contribution < -0.4 is 10.6 Å². The van der Waals surface area contributed by atoms with Crippen LogP contribution in [0.2, 0.25) is 5.02 Å². The summed E-state index contributed by atoms with van der Waals surface area (Å²) in [5.41, 5.74) is 3.05. The predicted octanol–water partition coefficient (Wildman–Crippen LogP) is 4.82. The van der Waals surface area contributed by atoms with E-state index in [9.17, 15) is 10.1 Å². The molecule has 2 N–H and O–H groups in total. The molecule has 0 saturated heterocycles. The lowest BCUT2D eigenvalue weighted by Gasteiger charge is -2.06. The maximum atomic E-state index is 12.1. The molecule has 0 aliphatic heterocycles. The molecule has 0 aliphatic carbocycles. The Bertz CT molecular complexity index is 790. The number of carbonyl (C=O) groups is 1. The van der Waals surface area contributed by atoms with Crippen molar-refractivity contribution in [2.45, 2.75) is 32.7 Å². The maximum absolute atomic E-state index is 12.1. The largest absolute Gasteiger partial charge is 0.360 e. The molecule has 0 fully saturated rings. The number of unbranched alkanes of at least 4 members (excludes halogenated alkanes) is 1. The number of aryl methyl sites for hydroxylation is 1. The molecule has 0 atom stereocenters. The molecule has 0 bridgehead atoms. The lowest BCUT2D eigenvalue weighted by molar-refractivity contribution is -0.117. The van der Waals surface area contributed by atoms with E-state index >= 15 is 0 Å². The summed E-state index contributed by atoms with van der Waals surface area (Å²) in [6.45, 7) is 2.50. The van der Waals surface area contributed by atoms with Crippen LogP contribution in [0.1, 0.15) is 30.9 Å². The average molecular weight is 368 g/mol. The third-order valence-electron chi connectivity index (χ3n) is 3.89. The van der Waals surface area contributed by atoms with Gasteiger partial charge in [0.2, 0.25) is 0 Å². The zero-order valence-electron chi connectivity index (χ0n) is 14.8. The van der Waals surface area contributed by atoms with Crippen LogP contribution in [-0.4, -0.2) is 5.91 Å². The normalized spacial score (nSPS) is 10.9. The number of halogens is 1. The van der Waals surface area contributed by atoms with E-state index in [4.69, 9.17) is 11.6 Å². The first kappa shape index (κ1) is 19.6. The fourth-order valence-corrected chi connectivity index (χ4v) is 2.46. The monoisotopic (exact) mass is 367 g/mol. The Hall–Kier alpha value is -2.77. The van der Waals surface area contributed by atoms with Crippen LogP contribution in [0.3, 0.4) is 0 Å². The van der Waals surface area contributed by atoms with Crippen LogP contribution >= 0.6 is 11.6 Å². The predicted molar refractivity (Wildman–Crippen MR) is 106 cm³/mol. The Kier molecular flexibility index (Phi) is 7.73. The van der Waals surface area contributed by atoms with E-state index in [0.717, 1.165) is 17.7 Å². The van der Waals surface area contributed by atoms with Crippen molar-refractivity contribution in [2.24, 2.45) is 0 Å². The van der Waals surface area contributed by atoms with Gasteiger partial charge in [0.05, 0.1) is 0 Å². The van der Waals surface area contributed by atoms with Gasteiger partial charge < -0.3 is 10.6 Å². The van der Waals surface area contributed by atoms with Crippen molar-refractivity contribution in [1.82, 2.24) is 5.32 Å². The van der Waals surface area contributed by atoms with E-state index in [1.165, 1.54) is 24.6 Å². The first-order valence-corrected chi connectivity index (χ1v) is 8.98. The molecule has 0 aromatic heterocycles. The number of nitrogens with one attached hydrogen (secondary N) is 2. The van der Waals surface area contributed by atoms with Crippen molar-refractivity contribution in [3.8, 4) is 6.07 Å². The molecule has 0 saturated carbocycles. The van der Waals surface area contributed by atoms with E-state index < -0.39 is 5.91 Å². The van der Waals surface area contributed by atoms with Crippen LogP contribution in [0.4, 0.5) is 5.69 Å². The summed E-state index contributed by atoms with van der Waals surface area (Å²) in [5, 5.41) is 15.6. The Balaban J connectivity index is 1.90. The zero-order valence-corrected chi connectivity index (χ0v) is 15.5. The number of hydrogen-bond acceptors (Lipinski definition) is 3. The van der Waals surface area contributed by atoms with Gasteiger partial charge in [0.15, 0.2) is 0 Å². The molecule has 4 nitrogen and oxygen atoms in total. The van der Waals surface area contributed by atoms with E-state index in [1.807, 2.05) is 30.3 Å². The van der Waals surface area contributed by atoms with Crippen molar-refractivity contribution in [2.75, 3.05) is 5.32 Å². The number of rotatable bonds is 8. The second-order valence-corrected chi connectivity index (χ2v) is 6.36. The van der Waals surface area contributed by atoms with Crippen molar-refractivity contribution >= 4 is 23.2 Å². The fraction of sp³-hybridized carbons (Fsp3) is 0.238. The van der Waals surface area contributed by atoms with Gasteiger partial charge in [-0.15, -0.1) is 0 Å². The summed E-state index contributed by atoms with van der Waals surface area (Å²) >= 11 is 5.83. The number of hydrogen-bond donors (Lipinski definition) is 2. The molecule has 0 heterocycles. The van der Waals surface area contributed by atoms with E-state index in [-0.39, 0.29) is 5.57 Å². The summed E-state index contributed by atoms with van der Waals surface area (Å²) in [5.74, 6) is -0.422. The maximum Gasteiger partial charge on any atom is 0.263 e. The van der Waals surface area contributed by atoms with Gasteiger partial charge in [0, 0.05) is 23.5 Å². The van der Waals surface area contributed by atoms with E-state index in [2.05, 4.69) is 29.7 Å². The Morgan fingerprint density at radius 2 is 1.77 bits per heavy atom. The third-order valence-corrected chi connectivity index (χ3v) is 4.14. The van der Waals surface area contributed by atoms with Gasteiger partial charge in [-0.05, 0) is 48.2 Å². The number of anilines is 1. The Morgan fingerprint density at radius 3 is 2.38 bits per heavy atom. The highest BCUT2D eigenvalue weighted by molar-refractivity contribution is 6.30. The molecule has 134 valence electrons. The summed E-state index contributed by atoms with van der Waals surface area (Å²) in [6.07, 6.45) is 4.82. The van der Waals surface area contributed by atoms with Crippen LogP contribution in [0.25, 0.3) is 0 Å². The summed E-state index contributed by atoms with van der Waals surface area (Å²) in [6, 6.07) is 17.1. The van der Waals surface area contributed by atoms with E-state index in [0.29, 0.717) is 11.6 Å². The Labute approximate surface area is 159 Å². The minimum Gasteiger partial charge on any atom is -0.360 e. The van der Waals surface area contributed by atoms with Crippen LogP contribution in [-0.2, 0) is 17.8 Å². The summed E-state index contributed by atoms with van der Waals surface area (Å²) in [4.78, 5) is 12.1. The van der Waals surface area contributed by atoms with Crippen LogP contribution in [0, 0.1) is 11.3 Å². The molecule has 0 unspecified atom stereocenters. The quantitative estimate of drug-likeness (QED) is 0.519.